The highest BCUT2D eigenvalue weighted by Crippen LogP contribution is 2.39. The molecule has 2 aromatic rings. The number of fused-ring (bicyclic) bond motifs is 1. The van der Waals surface area contributed by atoms with Gasteiger partial charge >= 0.3 is 0 Å². The summed E-state index contributed by atoms with van der Waals surface area (Å²) < 4.78 is 28.0. The van der Waals surface area contributed by atoms with Gasteiger partial charge in [0.1, 0.15) is 0 Å². The predicted molar refractivity (Wildman–Crippen MR) is 115 cm³/mol. The van der Waals surface area contributed by atoms with E-state index < -0.39 is 10.0 Å². The summed E-state index contributed by atoms with van der Waals surface area (Å²) >= 11 is 6.07. The van der Waals surface area contributed by atoms with E-state index in [-0.39, 0.29) is 22.6 Å². The molecule has 4 rings (SSSR count). The van der Waals surface area contributed by atoms with E-state index in [1.165, 1.54) is 4.31 Å². The van der Waals surface area contributed by atoms with Gasteiger partial charge in [0.25, 0.3) is 0 Å². The van der Waals surface area contributed by atoms with Crippen LogP contribution in [0.5, 0.6) is 0 Å². The lowest BCUT2D eigenvalue weighted by Crippen LogP contribution is -2.48. The molecule has 1 amide bonds. The molecule has 0 radical (unpaired) electrons. The van der Waals surface area contributed by atoms with Gasteiger partial charge in [0, 0.05) is 42.6 Å². The third kappa shape index (κ3) is 3.74. The highest BCUT2D eigenvalue weighted by atomic mass is 35.5. The largest absolute Gasteiger partial charge is 0.369 e. The van der Waals surface area contributed by atoms with Gasteiger partial charge in [-0.3, -0.25) is 4.79 Å². The quantitative estimate of drug-likeness (QED) is 0.800. The summed E-state index contributed by atoms with van der Waals surface area (Å²) in [7, 11) is -3.62. The predicted octanol–water partition coefficient (Wildman–Crippen LogP) is 3.54. The van der Waals surface area contributed by atoms with Crippen LogP contribution in [0.15, 0.2) is 47.4 Å². The summed E-state index contributed by atoms with van der Waals surface area (Å²) in [6.07, 6.45) is 0. The lowest BCUT2D eigenvalue weighted by atomic mass is 9.90. The first-order valence-corrected chi connectivity index (χ1v) is 11.5. The number of sulfonamides is 1. The Labute approximate surface area is 176 Å². The van der Waals surface area contributed by atoms with Gasteiger partial charge in [-0.2, -0.15) is 4.31 Å². The van der Waals surface area contributed by atoms with E-state index in [4.69, 9.17) is 11.6 Å². The summed E-state index contributed by atoms with van der Waals surface area (Å²) in [5, 5.41) is 3.52. The van der Waals surface area contributed by atoms with E-state index in [0.717, 1.165) is 11.3 Å². The number of amides is 1. The Balaban J connectivity index is 1.54. The Morgan fingerprint density at radius 2 is 1.79 bits per heavy atom. The van der Waals surface area contributed by atoms with E-state index in [1.54, 1.807) is 18.2 Å². The van der Waals surface area contributed by atoms with Crippen LogP contribution >= 0.6 is 11.6 Å². The fourth-order valence-electron chi connectivity index (χ4n) is 4.09. The monoisotopic (exact) mass is 433 g/mol. The number of hydrogen-bond acceptors (Lipinski definition) is 4. The molecule has 2 aromatic carbocycles. The zero-order chi connectivity index (χ0) is 20.8. The Morgan fingerprint density at radius 1 is 1.07 bits per heavy atom. The number of carbonyl (C=O) groups is 1. The Kier molecular flexibility index (Phi) is 5.31. The number of nitrogens with zero attached hydrogens (tertiary/aromatic N) is 2. The summed E-state index contributed by atoms with van der Waals surface area (Å²) in [5.41, 5.74) is 2.47. The maximum Gasteiger partial charge on any atom is 0.243 e. The average molecular weight is 434 g/mol. The molecule has 1 N–H and O–H groups in total. The van der Waals surface area contributed by atoms with Gasteiger partial charge in [-0.25, -0.2) is 8.42 Å². The second kappa shape index (κ2) is 7.63. The number of rotatable bonds is 4. The van der Waals surface area contributed by atoms with Crippen molar-refractivity contribution in [2.75, 3.05) is 36.4 Å². The molecule has 8 heteroatoms. The van der Waals surface area contributed by atoms with Crippen molar-refractivity contribution in [3.63, 3.8) is 0 Å². The highest BCUT2D eigenvalue weighted by molar-refractivity contribution is 7.89. The number of nitrogens with one attached hydrogen (secondary N) is 1. The zero-order valence-corrected chi connectivity index (χ0v) is 18.0. The molecule has 1 fully saturated rings. The maximum absolute atomic E-state index is 13.2. The number of anilines is 2. The van der Waals surface area contributed by atoms with Crippen LogP contribution in [0.3, 0.4) is 0 Å². The van der Waals surface area contributed by atoms with Crippen molar-refractivity contribution in [1.29, 1.82) is 0 Å². The van der Waals surface area contributed by atoms with Gasteiger partial charge in [0.15, 0.2) is 0 Å². The molecule has 2 heterocycles. The molecule has 0 aliphatic carbocycles. The second-order valence-corrected chi connectivity index (χ2v) is 10.2. The number of halogens is 1. The summed E-state index contributed by atoms with van der Waals surface area (Å²) in [6, 6.07) is 12.5. The summed E-state index contributed by atoms with van der Waals surface area (Å²) in [4.78, 5) is 14.6. The lowest BCUT2D eigenvalue weighted by molar-refractivity contribution is -0.117. The average Bonchev–Trinajstić information content (AvgIpc) is 3.03. The molecular weight excluding hydrogens is 410 g/mol. The molecule has 1 saturated heterocycles. The standard InChI is InChI=1S/C21H24ClN3O3S/c1-14(2)20-18-13-17(6-7-19(18)23-21(20)26)29(27,28)25-10-8-24(9-11-25)16-5-3-4-15(22)12-16/h3-7,12-14,20H,8-11H2,1-2H3,(H,23,26)/t20-/m0/s1. The van der Waals surface area contributed by atoms with Crippen LogP contribution in [-0.4, -0.2) is 44.8 Å². The molecule has 29 heavy (non-hydrogen) atoms. The van der Waals surface area contributed by atoms with Crippen LogP contribution in [-0.2, 0) is 14.8 Å². The smallest absolute Gasteiger partial charge is 0.243 e. The van der Waals surface area contributed by atoms with Crippen LogP contribution in [0.1, 0.15) is 25.3 Å². The van der Waals surface area contributed by atoms with Gasteiger partial charge < -0.3 is 10.2 Å². The molecule has 1 atom stereocenters. The molecule has 2 aliphatic heterocycles. The van der Waals surface area contributed by atoms with Crippen LogP contribution in [0, 0.1) is 5.92 Å². The van der Waals surface area contributed by atoms with Crippen molar-refractivity contribution in [1.82, 2.24) is 4.31 Å². The fourth-order valence-corrected chi connectivity index (χ4v) is 5.74. The number of benzene rings is 2. The molecule has 0 aromatic heterocycles. The van der Waals surface area contributed by atoms with E-state index in [1.807, 2.05) is 38.1 Å². The molecule has 154 valence electrons. The first kappa shape index (κ1) is 20.2. The summed E-state index contributed by atoms with van der Waals surface area (Å²) in [5.74, 6) is -0.296. The minimum absolute atomic E-state index is 0.0697. The van der Waals surface area contributed by atoms with Crippen LogP contribution in [0.4, 0.5) is 11.4 Å². The number of hydrogen-bond donors (Lipinski definition) is 1. The first-order valence-electron chi connectivity index (χ1n) is 9.73. The Bertz CT molecular complexity index is 1050. The second-order valence-electron chi connectivity index (χ2n) is 7.83. The molecule has 0 unspecified atom stereocenters. The number of carbonyl (C=O) groups excluding carboxylic acids is 1. The normalized spacial score (nSPS) is 20.1. The van der Waals surface area contributed by atoms with E-state index in [9.17, 15) is 13.2 Å². The summed E-state index contributed by atoms with van der Waals surface area (Å²) in [6.45, 7) is 5.93. The van der Waals surface area contributed by atoms with E-state index in [2.05, 4.69) is 10.2 Å². The Morgan fingerprint density at radius 3 is 2.45 bits per heavy atom. The Hall–Kier alpha value is -2.09. The number of piperazine rings is 1. The molecule has 2 aliphatic rings. The third-order valence-corrected chi connectivity index (χ3v) is 7.74. The molecule has 0 spiro atoms. The SMILES string of the molecule is CC(C)[C@@H]1C(=O)Nc2ccc(S(=O)(=O)N3CCN(c4cccc(Cl)c4)CC3)cc21. The minimum Gasteiger partial charge on any atom is -0.369 e. The van der Waals surface area contributed by atoms with Gasteiger partial charge in [-0.05, 0) is 47.9 Å². The lowest BCUT2D eigenvalue weighted by Gasteiger charge is -2.35. The van der Waals surface area contributed by atoms with Crippen molar-refractivity contribution in [2.24, 2.45) is 5.92 Å². The third-order valence-electron chi connectivity index (χ3n) is 5.61. The van der Waals surface area contributed by atoms with Crippen molar-refractivity contribution in [2.45, 2.75) is 24.7 Å². The molecule has 0 bridgehead atoms. The van der Waals surface area contributed by atoms with Gasteiger partial charge in [0.05, 0.1) is 10.8 Å². The van der Waals surface area contributed by atoms with Crippen molar-refractivity contribution in [3.05, 3.63) is 53.1 Å². The molecular formula is C21H24ClN3O3S. The first-order chi connectivity index (χ1) is 13.8. The topological polar surface area (TPSA) is 69.7 Å². The molecule has 0 saturated carbocycles. The zero-order valence-electron chi connectivity index (χ0n) is 16.4. The van der Waals surface area contributed by atoms with E-state index >= 15 is 0 Å². The van der Waals surface area contributed by atoms with Crippen molar-refractivity contribution >= 4 is 38.9 Å². The minimum atomic E-state index is -3.62. The van der Waals surface area contributed by atoms with Crippen LogP contribution in [0.25, 0.3) is 0 Å². The highest BCUT2D eigenvalue weighted by Gasteiger charge is 2.35. The maximum atomic E-state index is 13.2. The van der Waals surface area contributed by atoms with Crippen molar-refractivity contribution in [3.8, 4) is 0 Å². The van der Waals surface area contributed by atoms with E-state index in [0.29, 0.717) is 36.9 Å². The van der Waals surface area contributed by atoms with Crippen molar-refractivity contribution < 1.29 is 13.2 Å². The van der Waals surface area contributed by atoms with Gasteiger partial charge in [-0.15, -0.1) is 0 Å². The fraction of sp³-hybridized carbons (Fsp3) is 0.381. The van der Waals surface area contributed by atoms with Crippen LogP contribution in [0.2, 0.25) is 5.02 Å². The van der Waals surface area contributed by atoms with Gasteiger partial charge in [0.2, 0.25) is 15.9 Å². The van der Waals surface area contributed by atoms with Gasteiger partial charge in [-0.1, -0.05) is 31.5 Å². The van der Waals surface area contributed by atoms with Crippen LogP contribution < -0.4 is 10.2 Å². The molecule has 6 nitrogen and oxygen atoms in total.